The first kappa shape index (κ1) is 27.8. The van der Waals surface area contributed by atoms with E-state index in [9.17, 15) is 19.2 Å². The molecule has 0 radical (unpaired) electrons. The number of hydrogen-bond acceptors (Lipinski definition) is 8. The molecule has 0 aromatic heterocycles. The largest absolute Gasteiger partial charge is 0.365 e. The zero-order valence-corrected chi connectivity index (χ0v) is 24.3. The highest BCUT2D eigenvalue weighted by molar-refractivity contribution is 8.15. The van der Waals surface area contributed by atoms with Crippen LogP contribution in [0.15, 0.2) is 60.7 Å². The van der Waals surface area contributed by atoms with Gasteiger partial charge in [0.1, 0.15) is 0 Å². The van der Waals surface area contributed by atoms with Gasteiger partial charge < -0.3 is 10.6 Å². The molecule has 5 rings (SSSR count). The van der Waals surface area contributed by atoms with Crippen molar-refractivity contribution in [2.75, 3.05) is 10.6 Å². The number of rotatable bonds is 8. The fourth-order valence-electron chi connectivity index (χ4n) is 4.54. The van der Waals surface area contributed by atoms with Crippen molar-refractivity contribution in [3.63, 3.8) is 0 Å². The van der Waals surface area contributed by atoms with Crippen LogP contribution in [0.1, 0.15) is 33.4 Å². The first-order valence-corrected chi connectivity index (χ1v) is 14.6. The molecule has 3 aromatic carbocycles. The number of hydrogen-bond donors (Lipinski definition) is 2. The number of imide groups is 2. The second-order valence-corrected chi connectivity index (χ2v) is 12.2. The van der Waals surface area contributed by atoms with Crippen molar-refractivity contribution in [1.82, 2.24) is 9.80 Å². The van der Waals surface area contributed by atoms with E-state index in [1.54, 1.807) is 0 Å². The van der Waals surface area contributed by atoms with Crippen molar-refractivity contribution in [3.05, 3.63) is 94.0 Å². The van der Waals surface area contributed by atoms with Crippen molar-refractivity contribution in [3.8, 4) is 0 Å². The maximum absolute atomic E-state index is 13.0. The summed E-state index contributed by atoms with van der Waals surface area (Å²) in [6.07, 6.45) is 0. The van der Waals surface area contributed by atoms with Gasteiger partial charge in [-0.1, -0.05) is 48.5 Å². The lowest BCUT2D eigenvalue weighted by molar-refractivity contribution is -0.127. The van der Waals surface area contributed by atoms with Crippen LogP contribution in [0.2, 0.25) is 0 Å². The molecular weight excluding hydrogens is 544 g/mol. The number of nitrogens with zero attached hydrogens (tertiary/aromatic N) is 2. The van der Waals surface area contributed by atoms with Gasteiger partial charge >= 0.3 is 0 Å². The molecule has 2 fully saturated rings. The summed E-state index contributed by atoms with van der Waals surface area (Å²) in [5.74, 6) is -0.569. The number of anilines is 2. The summed E-state index contributed by atoms with van der Waals surface area (Å²) in [5.41, 5.74) is 7.36. The fourth-order valence-corrected chi connectivity index (χ4v) is 6.34. The molecule has 40 heavy (non-hydrogen) atoms. The van der Waals surface area contributed by atoms with E-state index in [1.165, 1.54) is 9.80 Å². The van der Waals surface area contributed by atoms with Crippen LogP contribution in [0.5, 0.6) is 0 Å². The topological polar surface area (TPSA) is 98.8 Å². The van der Waals surface area contributed by atoms with Gasteiger partial charge in [0.25, 0.3) is 22.3 Å². The monoisotopic (exact) mass is 574 g/mol. The van der Waals surface area contributed by atoms with Crippen LogP contribution in [0.25, 0.3) is 0 Å². The van der Waals surface area contributed by atoms with Crippen molar-refractivity contribution in [2.45, 2.75) is 51.5 Å². The van der Waals surface area contributed by atoms with E-state index < -0.39 is 10.7 Å². The van der Waals surface area contributed by atoms with Crippen LogP contribution in [-0.4, -0.2) is 42.8 Å². The molecule has 2 saturated heterocycles. The zero-order valence-electron chi connectivity index (χ0n) is 22.7. The lowest BCUT2D eigenvalue weighted by atomic mass is 10.1. The molecule has 2 atom stereocenters. The highest BCUT2D eigenvalue weighted by Crippen LogP contribution is 2.32. The minimum atomic E-state index is -0.679. The quantitative estimate of drug-likeness (QED) is 0.329. The first-order valence-electron chi connectivity index (χ1n) is 12.9. The predicted octanol–water partition coefficient (Wildman–Crippen LogP) is 6.19. The number of amides is 4. The summed E-state index contributed by atoms with van der Waals surface area (Å²) in [7, 11) is 0. The third-order valence-electron chi connectivity index (χ3n) is 6.92. The van der Waals surface area contributed by atoms with Crippen LogP contribution >= 0.6 is 23.5 Å². The summed E-state index contributed by atoms with van der Waals surface area (Å²) in [4.78, 5) is 53.8. The lowest BCUT2D eigenvalue weighted by Crippen LogP contribution is -2.34. The molecular formula is C30H30N4O4S2. The summed E-state index contributed by atoms with van der Waals surface area (Å²) >= 11 is 1.95. The van der Waals surface area contributed by atoms with E-state index in [1.807, 2.05) is 88.4 Å². The van der Waals surface area contributed by atoms with E-state index in [2.05, 4.69) is 10.6 Å². The molecule has 10 heteroatoms. The average Bonchev–Trinajstić information content (AvgIpc) is 3.33. The van der Waals surface area contributed by atoms with Gasteiger partial charge in [-0.2, -0.15) is 0 Å². The Labute approximate surface area is 241 Å². The standard InChI is InChI=1S/C30H30N4O4S2/c1-17-5-7-19(3)23(13-17)31-25-27(35)33(29(37)39-25)15-21-9-11-22(12-10-21)16-34-28(36)26(40-30(34)38)32-24-14-18(2)6-8-20(24)4/h5-14,25-26,31-32H,15-16H2,1-4H3/t25-,26-/m0/s1. The van der Waals surface area contributed by atoms with Crippen molar-refractivity contribution >= 4 is 57.2 Å². The Bertz CT molecular complexity index is 1400. The van der Waals surface area contributed by atoms with Gasteiger partial charge in [0.05, 0.1) is 13.1 Å². The maximum Gasteiger partial charge on any atom is 0.291 e. The van der Waals surface area contributed by atoms with E-state index in [-0.39, 0.29) is 35.4 Å². The third kappa shape index (κ3) is 5.88. The number of carbonyl (C=O) groups is 4. The van der Waals surface area contributed by atoms with Crippen LogP contribution < -0.4 is 10.6 Å². The highest BCUT2D eigenvalue weighted by Gasteiger charge is 2.41. The molecule has 2 heterocycles. The molecule has 8 nitrogen and oxygen atoms in total. The van der Waals surface area contributed by atoms with E-state index in [0.717, 1.165) is 68.3 Å². The van der Waals surface area contributed by atoms with E-state index >= 15 is 0 Å². The second-order valence-electron chi connectivity index (χ2n) is 10.1. The van der Waals surface area contributed by atoms with Gasteiger partial charge in [-0.3, -0.25) is 29.0 Å². The molecule has 0 aliphatic carbocycles. The molecule has 2 aliphatic heterocycles. The Kier molecular flexibility index (Phi) is 7.91. The minimum absolute atomic E-state index is 0.148. The summed E-state index contributed by atoms with van der Waals surface area (Å²) < 4.78 is 0. The van der Waals surface area contributed by atoms with Gasteiger partial charge in [0, 0.05) is 11.4 Å². The Balaban J connectivity index is 1.20. The molecule has 0 bridgehead atoms. The Morgan fingerprint density at radius 2 is 0.975 bits per heavy atom. The molecule has 3 aromatic rings. The van der Waals surface area contributed by atoms with Gasteiger partial charge in [0.15, 0.2) is 10.7 Å². The molecule has 206 valence electrons. The molecule has 4 amide bonds. The molecule has 0 saturated carbocycles. The normalized spacial score (nSPS) is 19.1. The Morgan fingerprint density at radius 3 is 1.35 bits per heavy atom. The lowest BCUT2D eigenvalue weighted by Gasteiger charge is -2.17. The van der Waals surface area contributed by atoms with Gasteiger partial charge in [-0.05, 0) is 96.7 Å². The molecule has 2 N–H and O–H groups in total. The first-order chi connectivity index (χ1) is 19.1. The zero-order chi connectivity index (χ0) is 28.6. The van der Waals surface area contributed by atoms with Crippen molar-refractivity contribution < 1.29 is 19.2 Å². The van der Waals surface area contributed by atoms with Gasteiger partial charge in [-0.15, -0.1) is 0 Å². The average molecular weight is 575 g/mol. The summed E-state index contributed by atoms with van der Waals surface area (Å²) in [6, 6.07) is 19.1. The molecule has 0 unspecified atom stereocenters. The number of aryl methyl sites for hydroxylation is 4. The Hall–Kier alpha value is -3.76. The van der Waals surface area contributed by atoms with E-state index in [0.29, 0.717) is 0 Å². The SMILES string of the molecule is Cc1ccc(C)c(N[C@H]2SC(=O)N(Cc3ccc(CN4C(=O)S[C@H](Nc5cc(C)ccc5C)C4=O)cc3)C2=O)c1. The van der Waals surface area contributed by atoms with Crippen LogP contribution in [0.3, 0.4) is 0 Å². The number of benzene rings is 3. The van der Waals surface area contributed by atoms with E-state index in [4.69, 9.17) is 0 Å². The van der Waals surface area contributed by atoms with Crippen LogP contribution in [0, 0.1) is 27.7 Å². The Morgan fingerprint density at radius 1 is 0.600 bits per heavy atom. The van der Waals surface area contributed by atoms with Gasteiger partial charge in [-0.25, -0.2) is 0 Å². The van der Waals surface area contributed by atoms with Crippen molar-refractivity contribution in [2.24, 2.45) is 0 Å². The van der Waals surface area contributed by atoms with Crippen LogP contribution in [0.4, 0.5) is 21.0 Å². The summed E-state index contributed by atoms with van der Waals surface area (Å²) in [5, 5.41) is 4.45. The fraction of sp³-hybridized carbons (Fsp3) is 0.267. The van der Waals surface area contributed by atoms with Crippen LogP contribution in [-0.2, 0) is 22.7 Å². The molecule has 2 aliphatic rings. The minimum Gasteiger partial charge on any atom is -0.365 e. The number of thioether (sulfide) groups is 2. The number of nitrogens with one attached hydrogen (secondary N) is 2. The molecule has 0 spiro atoms. The maximum atomic E-state index is 13.0. The second kappa shape index (κ2) is 11.4. The van der Waals surface area contributed by atoms with Crippen molar-refractivity contribution in [1.29, 1.82) is 0 Å². The predicted molar refractivity (Wildman–Crippen MR) is 160 cm³/mol. The third-order valence-corrected chi connectivity index (χ3v) is 8.88. The highest BCUT2D eigenvalue weighted by atomic mass is 32.2. The smallest absolute Gasteiger partial charge is 0.291 e. The number of carbonyl (C=O) groups excluding carboxylic acids is 4. The summed E-state index contributed by atoms with van der Waals surface area (Å²) in [6.45, 7) is 8.16. The van der Waals surface area contributed by atoms with Gasteiger partial charge in [0.2, 0.25) is 0 Å².